The average Bonchev–Trinajstić information content (AvgIpc) is 3.21. The number of hydrogen-bond donors (Lipinski definition) is 2. The zero-order valence-electron chi connectivity index (χ0n) is 13.2. The molecule has 1 aliphatic carbocycles. The third kappa shape index (κ3) is 3.36. The van der Waals surface area contributed by atoms with Crippen molar-refractivity contribution in [2.75, 3.05) is 16.8 Å². The van der Waals surface area contributed by atoms with Gasteiger partial charge in [0, 0.05) is 30.5 Å². The fourth-order valence-electron chi connectivity index (χ4n) is 2.64. The van der Waals surface area contributed by atoms with E-state index in [2.05, 4.69) is 46.2 Å². The van der Waals surface area contributed by atoms with Gasteiger partial charge in [-0.3, -0.25) is 0 Å². The molecule has 3 rings (SSSR count). The normalized spacial score (nSPS) is 19.8. The third-order valence-corrected chi connectivity index (χ3v) is 3.86. The molecule has 0 radical (unpaired) electrons. The Hall–Kier alpha value is -2.14. The molecule has 2 aromatic rings. The van der Waals surface area contributed by atoms with Gasteiger partial charge in [-0.1, -0.05) is 19.1 Å². The smallest absolute Gasteiger partial charge is 0.227 e. The van der Waals surface area contributed by atoms with Gasteiger partial charge in [-0.25, -0.2) is 4.98 Å². The van der Waals surface area contributed by atoms with E-state index in [1.165, 1.54) is 5.56 Å². The largest absolute Gasteiger partial charge is 0.340 e. The summed E-state index contributed by atoms with van der Waals surface area (Å²) in [6.45, 7) is 5.18. The Morgan fingerprint density at radius 1 is 1.36 bits per heavy atom. The van der Waals surface area contributed by atoms with E-state index in [1.54, 1.807) is 6.20 Å². The number of nitrogens with one attached hydrogen (secondary N) is 1. The minimum absolute atomic E-state index is 0.253. The van der Waals surface area contributed by atoms with Crippen molar-refractivity contribution in [2.24, 2.45) is 5.73 Å². The maximum absolute atomic E-state index is 6.00. The molecule has 1 heterocycles. The van der Waals surface area contributed by atoms with Crippen LogP contribution < -0.4 is 16.0 Å². The second-order valence-corrected chi connectivity index (χ2v) is 5.90. The van der Waals surface area contributed by atoms with Crippen LogP contribution in [0.4, 0.5) is 17.5 Å². The summed E-state index contributed by atoms with van der Waals surface area (Å²) < 4.78 is 0. The Kier molecular flexibility index (Phi) is 4.24. The lowest BCUT2D eigenvalue weighted by Gasteiger charge is -2.22. The lowest BCUT2D eigenvalue weighted by Crippen LogP contribution is -2.32. The number of benzene rings is 1. The van der Waals surface area contributed by atoms with Crippen molar-refractivity contribution in [3.63, 3.8) is 0 Å². The highest BCUT2D eigenvalue weighted by atomic mass is 15.3. The number of nitrogens with two attached hydrogens (primary N) is 1. The fraction of sp³-hybridized carbons (Fsp3) is 0.412. The van der Waals surface area contributed by atoms with Crippen LogP contribution in [0.3, 0.4) is 0 Å². The highest BCUT2D eigenvalue weighted by Crippen LogP contribution is 2.29. The van der Waals surface area contributed by atoms with E-state index in [0.717, 1.165) is 36.8 Å². The van der Waals surface area contributed by atoms with Crippen LogP contribution in [0.1, 0.15) is 25.3 Å². The van der Waals surface area contributed by atoms with Crippen LogP contribution >= 0.6 is 0 Å². The minimum Gasteiger partial charge on any atom is -0.340 e. The van der Waals surface area contributed by atoms with Crippen molar-refractivity contribution in [1.82, 2.24) is 9.97 Å². The van der Waals surface area contributed by atoms with Gasteiger partial charge in [-0.2, -0.15) is 4.98 Å². The molecule has 0 unspecified atom stereocenters. The van der Waals surface area contributed by atoms with Gasteiger partial charge in [0.25, 0.3) is 0 Å². The molecule has 1 saturated carbocycles. The Labute approximate surface area is 131 Å². The molecule has 1 fully saturated rings. The molecule has 5 heteroatoms. The molecule has 5 nitrogen and oxygen atoms in total. The predicted molar refractivity (Wildman–Crippen MR) is 90.5 cm³/mol. The van der Waals surface area contributed by atoms with E-state index in [9.17, 15) is 0 Å². The summed E-state index contributed by atoms with van der Waals surface area (Å²) in [5.41, 5.74) is 8.26. The van der Waals surface area contributed by atoms with Crippen LogP contribution in [-0.4, -0.2) is 28.6 Å². The summed E-state index contributed by atoms with van der Waals surface area (Å²) in [5, 5.41) is 3.34. The molecule has 0 saturated heterocycles. The standard InChI is InChI=1S/C17H23N5/c1-3-9-22(15-11-14(15)18)17-19-8-7-16(21-17)20-13-6-4-5-12(2)10-13/h4-8,10,14-15H,3,9,11,18H2,1-2H3,(H,19,20,21)/t14-,15-/m0/s1. The van der Waals surface area contributed by atoms with Gasteiger partial charge < -0.3 is 16.0 Å². The van der Waals surface area contributed by atoms with Gasteiger partial charge in [0.15, 0.2) is 0 Å². The average molecular weight is 297 g/mol. The summed E-state index contributed by atoms with van der Waals surface area (Å²) in [4.78, 5) is 11.3. The minimum atomic E-state index is 0.253. The molecule has 22 heavy (non-hydrogen) atoms. The van der Waals surface area contributed by atoms with Crippen LogP contribution in [0.15, 0.2) is 36.5 Å². The highest BCUT2D eigenvalue weighted by Gasteiger charge is 2.39. The second-order valence-electron chi connectivity index (χ2n) is 5.90. The number of hydrogen-bond acceptors (Lipinski definition) is 5. The van der Waals surface area contributed by atoms with Crippen molar-refractivity contribution in [3.8, 4) is 0 Å². The Morgan fingerprint density at radius 3 is 2.86 bits per heavy atom. The van der Waals surface area contributed by atoms with Gasteiger partial charge in [0.1, 0.15) is 5.82 Å². The molecule has 0 amide bonds. The molecule has 116 valence electrons. The van der Waals surface area contributed by atoms with Crippen molar-refractivity contribution in [3.05, 3.63) is 42.1 Å². The summed E-state index contributed by atoms with van der Waals surface area (Å²) in [6.07, 6.45) is 3.89. The molecule has 1 aromatic heterocycles. The monoisotopic (exact) mass is 297 g/mol. The zero-order chi connectivity index (χ0) is 15.5. The van der Waals surface area contributed by atoms with Gasteiger partial charge in [-0.05, 0) is 43.5 Å². The van der Waals surface area contributed by atoms with Gasteiger partial charge >= 0.3 is 0 Å². The molecular formula is C17H23N5. The summed E-state index contributed by atoms with van der Waals surface area (Å²) in [5.74, 6) is 1.57. The van der Waals surface area contributed by atoms with Gasteiger partial charge in [0.2, 0.25) is 5.95 Å². The lowest BCUT2D eigenvalue weighted by atomic mass is 10.2. The first-order valence-electron chi connectivity index (χ1n) is 7.86. The van der Waals surface area contributed by atoms with Crippen LogP contribution in [-0.2, 0) is 0 Å². The van der Waals surface area contributed by atoms with E-state index in [1.807, 2.05) is 18.2 Å². The summed E-state index contributed by atoms with van der Waals surface area (Å²) in [7, 11) is 0. The first kappa shape index (κ1) is 14.8. The fourth-order valence-corrected chi connectivity index (χ4v) is 2.64. The van der Waals surface area contributed by atoms with E-state index < -0.39 is 0 Å². The van der Waals surface area contributed by atoms with Crippen molar-refractivity contribution in [1.29, 1.82) is 0 Å². The van der Waals surface area contributed by atoms with Crippen LogP contribution in [0, 0.1) is 6.92 Å². The molecule has 2 atom stereocenters. The van der Waals surface area contributed by atoms with Crippen LogP contribution in [0.5, 0.6) is 0 Å². The van der Waals surface area contributed by atoms with E-state index in [0.29, 0.717) is 6.04 Å². The lowest BCUT2D eigenvalue weighted by molar-refractivity contribution is 0.721. The number of aromatic nitrogens is 2. The number of nitrogens with zero attached hydrogens (tertiary/aromatic N) is 3. The highest BCUT2D eigenvalue weighted by molar-refractivity contribution is 5.58. The van der Waals surface area contributed by atoms with Gasteiger partial charge in [0.05, 0.1) is 0 Å². The third-order valence-electron chi connectivity index (χ3n) is 3.86. The topological polar surface area (TPSA) is 67.1 Å². The maximum Gasteiger partial charge on any atom is 0.227 e. The molecule has 0 aliphatic heterocycles. The molecule has 1 aliphatic rings. The Bertz CT molecular complexity index is 642. The predicted octanol–water partition coefficient (Wildman–Crippen LogP) is 2.84. The number of rotatable bonds is 6. The quantitative estimate of drug-likeness (QED) is 0.858. The number of aryl methyl sites for hydroxylation is 1. The van der Waals surface area contributed by atoms with Crippen molar-refractivity contribution < 1.29 is 0 Å². The van der Waals surface area contributed by atoms with E-state index in [4.69, 9.17) is 5.73 Å². The first-order chi connectivity index (χ1) is 10.7. The maximum atomic E-state index is 6.00. The Balaban J connectivity index is 1.79. The molecule has 1 aromatic carbocycles. The second kappa shape index (κ2) is 6.32. The van der Waals surface area contributed by atoms with Crippen molar-refractivity contribution >= 4 is 17.5 Å². The van der Waals surface area contributed by atoms with E-state index >= 15 is 0 Å². The molecule has 0 spiro atoms. The van der Waals surface area contributed by atoms with E-state index in [-0.39, 0.29) is 6.04 Å². The van der Waals surface area contributed by atoms with Crippen molar-refractivity contribution in [2.45, 2.75) is 38.8 Å². The Morgan fingerprint density at radius 2 is 2.18 bits per heavy atom. The van der Waals surface area contributed by atoms with Crippen LogP contribution in [0.25, 0.3) is 0 Å². The van der Waals surface area contributed by atoms with Gasteiger partial charge in [-0.15, -0.1) is 0 Å². The molecule has 0 bridgehead atoms. The SMILES string of the molecule is CCCN(c1nccc(Nc2cccc(C)c2)n1)[C@H]1C[C@@H]1N. The molecule has 3 N–H and O–H groups in total. The van der Waals surface area contributed by atoms with Crippen LogP contribution in [0.2, 0.25) is 0 Å². The molecular weight excluding hydrogens is 274 g/mol. The zero-order valence-corrected chi connectivity index (χ0v) is 13.2. The summed E-state index contributed by atoms with van der Waals surface area (Å²) >= 11 is 0. The summed E-state index contributed by atoms with van der Waals surface area (Å²) in [6, 6.07) is 10.8. The first-order valence-corrected chi connectivity index (χ1v) is 7.86. The number of anilines is 3.